The first-order valence-corrected chi connectivity index (χ1v) is 6.38. The highest BCUT2D eigenvalue weighted by Gasteiger charge is 2.22. The van der Waals surface area contributed by atoms with Gasteiger partial charge in [-0.15, -0.1) is 0 Å². The van der Waals surface area contributed by atoms with Crippen LogP contribution in [0.25, 0.3) is 0 Å². The lowest BCUT2D eigenvalue weighted by Gasteiger charge is -2.32. The van der Waals surface area contributed by atoms with Crippen molar-refractivity contribution in [3.63, 3.8) is 0 Å². The van der Waals surface area contributed by atoms with Gasteiger partial charge in [-0.3, -0.25) is 4.98 Å². The molecule has 1 fully saturated rings. The van der Waals surface area contributed by atoms with Gasteiger partial charge in [0, 0.05) is 31.4 Å². The van der Waals surface area contributed by atoms with Crippen LogP contribution in [0, 0.1) is 0 Å². The Hall–Kier alpha value is -1.62. The molecule has 0 aliphatic carbocycles. The number of hydrogen-bond acceptors (Lipinski definition) is 3. The molecule has 2 heterocycles. The summed E-state index contributed by atoms with van der Waals surface area (Å²) in [4.78, 5) is 17.1. The fraction of sp³-hybridized carbons (Fsp3) is 0.538. The van der Waals surface area contributed by atoms with E-state index in [1.807, 2.05) is 24.4 Å². The highest BCUT2D eigenvalue weighted by Crippen LogP contribution is 2.15. The van der Waals surface area contributed by atoms with Gasteiger partial charge in [0.25, 0.3) is 0 Å². The monoisotopic (exact) mass is 248 g/mol. The number of piperidine rings is 1. The summed E-state index contributed by atoms with van der Waals surface area (Å²) < 4.78 is 0. The minimum absolute atomic E-state index is 0.233. The van der Waals surface area contributed by atoms with E-state index < -0.39 is 0 Å². The lowest BCUT2D eigenvalue weighted by Crippen LogP contribution is -2.47. The first-order valence-electron chi connectivity index (χ1n) is 6.38. The number of rotatable bonds is 3. The van der Waals surface area contributed by atoms with Gasteiger partial charge in [0.2, 0.25) is 0 Å². The van der Waals surface area contributed by atoms with Crippen molar-refractivity contribution in [2.75, 3.05) is 13.1 Å². The van der Waals surface area contributed by atoms with Crippen molar-refractivity contribution in [3.05, 3.63) is 30.1 Å². The normalized spacial score (nSPS) is 18.6. The Labute approximate surface area is 107 Å². The molecule has 1 unspecified atom stereocenters. The minimum Gasteiger partial charge on any atom is -0.351 e. The number of aromatic nitrogens is 1. The van der Waals surface area contributed by atoms with Crippen molar-refractivity contribution in [2.24, 2.45) is 5.73 Å². The van der Waals surface area contributed by atoms with Crippen LogP contribution < -0.4 is 11.1 Å². The number of pyridine rings is 1. The zero-order valence-electron chi connectivity index (χ0n) is 10.7. The molecule has 98 valence electrons. The maximum absolute atomic E-state index is 11.0. The summed E-state index contributed by atoms with van der Waals surface area (Å²) in [5.41, 5.74) is 6.31. The molecule has 5 nitrogen and oxygen atoms in total. The molecular weight excluding hydrogens is 228 g/mol. The maximum Gasteiger partial charge on any atom is 0.314 e. The van der Waals surface area contributed by atoms with Gasteiger partial charge >= 0.3 is 6.03 Å². The SMILES string of the molecule is CC(NC1CCN(C(N)=O)CC1)c1ccccn1. The number of hydrogen-bond donors (Lipinski definition) is 2. The van der Waals surface area contributed by atoms with E-state index in [0.717, 1.165) is 31.6 Å². The van der Waals surface area contributed by atoms with Crippen molar-refractivity contribution in [2.45, 2.75) is 31.8 Å². The second kappa shape index (κ2) is 5.82. The van der Waals surface area contributed by atoms with Crippen LogP contribution in [0.3, 0.4) is 0 Å². The third-order valence-electron chi connectivity index (χ3n) is 3.42. The van der Waals surface area contributed by atoms with Crippen molar-refractivity contribution >= 4 is 6.03 Å². The fourth-order valence-corrected chi connectivity index (χ4v) is 2.34. The molecule has 5 heteroatoms. The molecule has 1 atom stereocenters. The van der Waals surface area contributed by atoms with Crippen LogP contribution in [0.4, 0.5) is 4.79 Å². The van der Waals surface area contributed by atoms with E-state index in [2.05, 4.69) is 17.2 Å². The lowest BCUT2D eigenvalue weighted by molar-refractivity contribution is 0.183. The second-order valence-electron chi connectivity index (χ2n) is 4.74. The van der Waals surface area contributed by atoms with Gasteiger partial charge in [-0.1, -0.05) is 6.07 Å². The second-order valence-corrected chi connectivity index (χ2v) is 4.74. The van der Waals surface area contributed by atoms with Crippen LogP contribution >= 0.6 is 0 Å². The van der Waals surface area contributed by atoms with E-state index in [1.54, 1.807) is 4.90 Å². The third-order valence-corrected chi connectivity index (χ3v) is 3.42. The number of urea groups is 1. The number of carbonyl (C=O) groups excluding carboxylic acids is 1. The molecule has 1 aliphatic heterocycles. The number of nitrogens with one attached hydrogen (secondary N) is 1. The van der Waals surface area contributed by atoms with Crippen LogP contribution in [0.15, 0.2) is 24.4 Å². The minimum atomic E-state index is -0.314. The molecule has 2 amide bonds. The average molecular weight is 248 g/mol. The van der Waals surface area contributed by atoms with E-state index in [1.165, 1.54) is 0 Å². The van der Waals surface area contributed by atoms with Gasteiger partial charge in [0.1, 0.15) is 0 Å². The van der Waals surface area contributed by atoms with E-state index >= 15 is 0 Å². The first-order chi connectivity index (χ1) is 8.66. The van der Waals surface area contributed by atoms with Gasteiger partial charge in [-0.05, 0) is 31.9 Å². The molecule has 3 N–H and O–H groups in total. The van der Waals surface area contributed by atoms with Crippen LogP contribution in [0.1, 0.15) is 31.5 Å². The highest BCUT2D eigenvalue weighted by atomic mass is 16.2. The van der Waals surface area contributed by atoms with E-state index in [9.17, 15) is 4.79 Å². The highest BCUT2D eigenvalue weighted by molar-refractivity contribution is 5.72. The summed E-state index contributed by atoms with van der Waals surface area (Å²) in [5, 5.41) is 3.55. The molecule has 0 saturated carbocycles. The Kier molecular flexibility index (Phi) is 4.15. The van der Waals surface area contributed by atoms with Gasteiger partial charge in [-0.25, -0.2) is 4.79 Å². The summed E-state index contributed by atoms with van der Waals surface area (Å²) >= 11 is 0. The van der Waals surface area contributed by atoms with Crippen LogP contribution in [0.5, 0.6) is 0 Å². The molecule has 1 aromatic rings. The summed E-state index contributed by atoms with van der Waals surface area (Å²) in [7, 11) is 0. The molecule has 0 bridgehead atoms. The molecule has 1 saturated heterocycles. The van der Waals surface area contributed by atoms with Crippen LogP contribution in [0.2, 0.25) is 0 Å². The number of likely N-dealkylation sites (tertiary alicyclic amines) is 1. The summed E-state index contributed by atoms with van der Waals surface area (Å²) in [5.74, 6) is 0. The Morgan fingerprint density at radius 1 is 1.50 bits per heavy atom. The van der Waals surface area contributed by atoms with Crippen molar-refractivity contribution in [1.82, 2.24) is 15.2 Å². The van der Waals surface area contributed by atoms with E-state index in [4.69, 9.17) is 5.73 Å². The zero-order valence-corrected chi connectivity index (χ0v) is 10.7. The molecule has 0 spiro atoms. The fourth-order valence-electron chi connectivity index (χ4n) is 2.34. The Balaban J connectivity index is 1.83. The standard InChI is InChI=1S/C13H20N4O/c1-10(12-4-2-3-7-15-12)16-11-5-8-17(9-6-11)13(14)18/h2-4,7,10-11,16H,5-6,8-9H2,1H3,(H2,14,18). The zero-order chi connectivity index (χ0) is 13.0. The molecule has 0 aromatic carbocycles. The van der Waals surface area contributed by atoms with Crippen molar-refractivity contribution in [3.8, 4) is 0 Å². The van der Waals surface area contributed by atoms with E-state index in [-0.39, 0.29) is 12.1 Å². The summed E-state index contributed by atoms with van der Waals surface area (Å²) in [6.45, 7) is 3.59. The molecule has 2 rings (SSSR count). The van der Waals surface area contributed by atoms with Crippen LogP contribution in [-0.4, -0.2) is 35.0 Å². The lowest BCUT2D eigenvalue weighted by atomic mass is 10.0. The van der Waals surface area contributed by atoms with Crippen LogP contribution in [-0.2, 0) is 0 Å². The number of nitrogens with two attached hydrogens (primary N) is 1. The Bertz CT molecular complexity index is 387. The Morgan fingerprint density at radius 3 is 2.78 bits per heavy atom. The van der Waals surface area contributed by atoms with Gasteiger partial charge in [0.15, 0.2) is 0 Å². The smallest absolute Gasteiger partial charge is 0.314 e. The summed E-state index contributed by atoms with van der Waals surface area (Å²) in [6.07, 6.45) is 3.70. The van der Waals surface area contributed by atoms with E-state index in [0.29, 0.717) is 6.04 Å². The summed E-state index contributed by atoms with van der Waals surface area (Å²) in [6, 6.07) is 6.29. The predicted octanol–water partition coefficient (Wildman–Crippen LogP) is 1.28. The largest absolute Gasteiger partial charge is 0.351 e. The molecule has 1 aromatic heterocycles. The van der Waals surface area contributed by atoms with Gasteiger partial charge in [-0.2, -0.15) is 0 Å². The predicted molar refractivity (Wildman–Crippen MR) is 70.0 cm³/mol. The molecule has 1 aliphatic rings. The molecule has 0 radical (unpaired) electrons. The van der Waals surface area contributed by atoms with Crippen molar-refractivity contribution < 1.29 is 4.79 Å². The number of amides is 2. The Morgan fingerprint density at radius 2 is 2.22 bits per heavy atom. The average Bonchev–Trinajstić information content (AvgIpc) is 2.40. The van der Waals surface area contributed by atoms with Gasteiger partial charge in [0.05, 0.1) is 5.69 Å². The first kappa shape index (κ1) is 12.8. The van der Waals surface area contributed by atoms with Gasteiger partial charge < -0.3 is 16.0 Å². The maximum atomic E-state index is 11.0. The number of primary amides is 1. The quantitative estimate of drug-likeness (QED) is 0.846. The topological polar surface area (TPSA) is 71.2 Å². The van der Waals surface area contributed by atoms with Crippen molar-refractivity contribution in [1.29, 1.82) is 0 Å². The number of carbonyl (C=O) groups is 1. The number of nitrogens with zero attached hydrogens (tertiary/aromatic N) is 2. The molecule has 18 heavy (non-hydrogen) atoms. The third kappa shape index (κ3) is 3.20. The molecular formula is C13H20N4O.